The molecule has 2 aromatic heterocycles. The SMILES string of the molecule is CCNC(=O)/C(C#N)=C/c1c(Oc2ccc(Cl)c(C)c2)nc2c(C)cccn2c1=O. The lowest BCUT2D eigenvalue weighted by atomic mass is 10.1. The van der Waals surface area contributed by atoms with Gasteiger partial charge in [0, 0.05) is 17.8 Å². The monoisotopic (exact) mass is 422 g/mol. The summed E-state index contributed by atoms with van der Waals surface area (Å²) < 4.78 is 7.26. The molecular formula is C22H19ClN4O3. The Morgan fingerprint density at radius 1 is 1.33 bits per heavy atom. The van der Waals surface area contributed by atoms with Crippen molar-refractivity contribution in [2.45, 2.75) is 20.8 Å². The van der Waals surface area contributed by atoms with E-state index in [2.05, 4.69) is 10.3 Å². The first kappa shape index (κ1) is 21.1. The molecule has 1 aromatic carbocycles. The van der Waals surface area contributed by atoms with Crippen LogP contribution in [-0.2, 0) is 4.79 Å². The Hall–Kier alpha value is -3.63. The number of fused-ring (bicyclic) bond motifs is 1. The van der Waals surface area contributed by atoms with E-state index in [1.54, 1.807) is 37.4 Å². The van der Waals surface area contributed by atoms with Gasteiger partial charge in [-0.3, -0.25) is 14.0 Å². The lowest BCUT2D eigenvalue weighted by molar-refractivity contribution is -0.116. The highest BCUT2D eigenvalue weighted by Crippen LogP contribution is 2.27. The number of hydrogen-bond acceptors (Lipinski definition) is 5. The summed E-state index contributed by atoms with van der Waals surface area (Å²) >= 11 is 6.08. The van der Waals surface area contributed by atoms with Crippen molar-refractivity contribution in [1.82, 2.24) is 14.7 Å². The molecule has 0 fully saturated rings. The normalized spacial score (nSPS) is 11.2. The van der Waals surface area contributed by atoms with E-state index in [0.29, 0.717) is 23.0 Å². The molecule has 3 rings (SSSR count). The molecule has 1 N–H and O–H groups in total. The molecule has 0 saturated carbocycles. The van der Waals surface area contributed by atoms with Crippen LogP contribution < -0.4 is 15.6 Å². The second kappa shape index (κ2) is 8.80. The predicted octanol–water partition coefficient (Wildman–Crippen LogP) is 3.80. The van der Waals surface area contributed by atoms with Crippen LogP contribution in [0.1, 0.15) is 23.6 Å². The number of nitrogens with zero attached hydrogens (tertiary/aromatic N) is 3. The van der Waals surface area contributed by atoms with Crippen molar-refractivity contribution in [2.75, 3.05) is 6.54 Å². The first-order chi connectivity index (χ1) is 14.3. The quantitative estimate of drug-likeness (QED) is 0.498. The van der Waals surface area contributed by atoms with Crippen LogP contribution in [0.5, 0.6) is 11.6 Å². The fourth-order valence-electron chi connectivity index (χ4n) is 2.83. The van der Waals surface area contributed by atoms with Crippen molar-refractivity contribution in [3.05, 3.63) is 74.2 Å². The van der Waals surface area contributed by atoms with Gasteiger partial charge in [0.05, 0.1) is 0 Å². The molecule has 0 bridgehead atoms. The number of amides is 1. The van der Waals surface area contributed by atoms with E-state index in [4.69, 9.17) is 16.3 Å². The predicted molar refractivity (Wildman–Crippen MR) is 115 cm³/mol. The van der Waals surface area contributed by atoms with Crippen LogP contribution in [-0.4, -0.2) is 21.8 Å². The number of benzene rings is 1. The number of rotatable bonds is 5. The lowest BCUT2D eigenvalue weighted by Crippen LogP contribution is -2.25. The maximum atomic E-state index is 13.2. The molecule has 1 amide bonds. The first-order valence-corrected chi connectivity index (χ1v) is 9.59. The number of carbonyl (C=O) groups is 1. The summed E-state index contributed by atoms with van der Waals surface area (Å²) in [7, 11) is 0. The van der Waals surface area contributed by atoms with Gasteiger partial charge >= 0.3 is 0 Å². The number of aromatic nitrogens is 2. The molecule has 0 spiro atoms. The molecule has 0 aliphatic carbocycles. The topological polar surface area (TPSA) is 96.5 Å². The van der Waals surface area contributed by atoms with Crippen LogP contribution in [0.4, 0.5) is 0 Å². The third kappa shape index (κ3) is 4.19. The van der Waals surface area contributed by atoms with Gasteiger partial charge in [0.15, 0.2) is 0 Å². The van der Waals surface area contributed by atoms with Gasteiger partial charge in [0.1, 0.15) is 28.6 Å². The van der Waals surface area contributed by atoms with Crippen LogP contribution in [0.15, 0.2) is 46.9 Å². The van der Waals surface area contributed by atoms with Crippen LogP contribution in [0, 0.1) is 25.2 Å². The van der Waals surface area contributed by atoms with E-state index in [-0.39, 0.29) is 17.0 Å². The number of likely N-dealkylation sites (N-methyl/N-ethyl adjacent to an activating group) is 1. The molecule has 8 heteroatoms. The Morgan fingerprint density at radius 3 is 2.77 bits per heavy atom. The Balaban J connectivity index is 2.25. The molecule has 3 aromatic rings. The number of nitrogens with one attached hydrogen (secondary N) is 1. The van der Waals surface area contributed by atoms with Crippen molar-refractivity contribution >= 4 is 29.2 Å². The number of carbonyl (C=O) groups excluding carboxylic acids is 1. The summed E-state index contributed by atoms with van der Waals surface area (Å²) in [5.74, 6) is -0.164. The average Bonchev–Trinajstić information content (AvgIpc) is 2.71. The molecule has 0 radical (unpaired) electrons. The van der Waals surface area contributed by atoms with Crippen molar-refractivity contribution in [3.63, 3.8) is 0 Å². The van der Waals surface area contributed by atoms with Gasteiger partial charge in [-0.1, -0.05) is 17.7 Å². The molecule has 0 aliphatic rings. The molecule has 7 nitrogen and oxygen atoms in total. The Morgan fingerprint density at radius 2 is 2.10 bits per heavy atom. The first-order valence-electron chi connectivity index (χ1n) is 9.21. The minimum Gasteiger partial charge on any atom is -0.438 e. The maximum Gasteiger partial charge on any atom is 0.269 e. The van der Waals surface area contributed by atoms with Crippen LogP contribution in [0.2, 0.25) is 5.02 Å². The Bertz CT molecular complexity index is 1270. The van der Waals surface area contributed by atoms with Crippen LogP contribution in [0.3, 0.4) is 0 Å². The second-order valence-electron chi connectivity index (χ2n) is 6.56. The van der Waals surface area contributed by atoms with Gasteiger partial charge in [0.2, 0.25) is 5.88 Å². The van der Waals surface area contributed by atoms with E-state index in [0.717, 1.165) is 11.1 Å². The molecule has 0 atom stereocenters. The Kier molecular flexibility index (Phi) is 6.19. The fraction of sp³-hybridized carbons (Fsp3) is 0.182. The highest BCUT2D eigenvalue weighted by Gasteiger charge is 2.18. The molecule has 0 saturated heterocycles. The largest absolute Gasteiger partial charge is 0.438 e. The van der Waals surface area contributed by atoms with Gasteiger partial charge in [0.25, 0.3) is 11.5 Å². The summed E-state index contributed by atoms with van der Waals surface area (Å²) in [4.78, 5) is 29.9. The molecule has 0 unspecified atom stereocenters. The maximum absolute atomic E-state index is 13.2. The number of ether oxygens (including phenoxy) is 1. The average molecular weight is 423 g/mol. The summed E-state index contributed by atoms with van der Waals surface area (Å²) in [5.41, 5.74) is 1.29. The highest BCUT2D eigenvalue weighted by atomic mass is 35.5. The number of hydrogen-bond donors (Lipinski definition) is 1. The van der Waals surface area contributed by atoms with Gasteiger partial charge in [-0.05, 0) is 62.2 Å². The lowest BCUT2D eigenvalue weighted by Gasteiger charge is -2.12. The third-order valence-corrected chi connectivity index (χ3v) is 4.81. The zero-order chi connectivity index (χ0) is 21.8. The molecular weight excluding hydrogens is 404 g/mol. The zero-order valence-corrected chi connectivity index (χ0v) is 17.4. The zero-order valence-electron chi connectivity index (χ0n) is 16.7. The highest BCUT2D eigenvalue weighted by molar-refractivity contribution is 6.31. The van der Waals surface area contributed by atoms with Crippen LogP contribution in [0.25, 0.3) is 11.7 Å². The van der Waals surface area contributed by atoms with E-state index in [9.17, 15) is 14.9 Å². The fourth-order valence-corrected chi connectivity index (χ4v) is 2.95. The van der Waals surface area contributed by atoms with Gasteiger partial charge in [-0.25, -0.2) is 0 Å². The van der Waals surface area contributed by atoms with Crippen molar-refractivity contribution < 1.29 is 9.53 Å². The van der Waals surface area contributed by atoms with Crippen molar-refractivity contribution in [1.29, 1.82) is 5.26 Å². The summed E-state index contributed by atoms with van der Waals surface area (Å²) in [6.07, 6.45) is 2.77. The van der Waals surface area contributed by atoms with Crippen molar-refractivity contribution in [2.24, 2.45) is 0 Å². The van der Waals surface area contributed by atoms with Gasteiger partial charge < -0.3 is 10.1 Å². The van der Waals surface area contributed by atoms with Gasteiger partial charge in [-0.15, -0.1) is 0 Å². The minimum absolute atomic E-state index is 0.00601. The third-order valence-electron chi connectivity index (χ3n) is 4.38. The summed E-state index contributed by atoms with van der Waals surface area (Å²) in [6.45, 7) is 5.73. The minimum atomic E-state index is -0.581. The number of halogens is 1. The number of pyridine rings is 1. The summed E-state index contributed by atoms with van der Waals surface area (Å²) in [5, 5.41) is 12.5. The van der Waals surface area contributed by atoms with E-state index in [1.807, 2.05) is 26.0 Å². The number of aryl methyl sites for hydroxylation is 2. The standard InChI is InChI=1S/C22H19ClN4O3/c1-4-25-20(28)15(12-24)11-17-21(30-16-7-8-18(23)14(3)10-16)26-19-13(2)6-5-9-27(19)22(17)29/h5-11H,4H2,1-3H3,(H,25,28)/b15-11+. The number of nitriles is 1. The summed E-state index contributed by atoms with van der Waals surface area (Å²) in [6, 6.07) is 10.4. The van der Waals surface area contributed by atoms with Gasteiger partial charge in [-0.2, -0.15) is 10.2 Å². The molecule has 30 heavy (non-hydrogen) atoms. The Labute approximate surface area is 178 Å². The second-order valence-corrected chi connectivity index (χ2v) is 6.97. The molecule has 152 valence electrons. The molecule has 2 heterocycles. The van der Waals surface area contributed by atoms with Crippen LogP contribution >= 0.6 is 11.6 Å². The molecule has 0 aliphatic heterocycles. The van der Waals surface area contributed by atoms with E-state index < -0.39 is 11.5 Å². The van der Waals surface area contributed by atoms with E-state index in [1.165, 1.54) is 10.5 Å². The van der Waals surface area contributed by atoms with E-state index >= 15 is 0 Å². The van der Waals surface area contributed by atoms with Crippen molar-refractivity contribution in [3.8, 4) is 17.7 Å². The smallest absolute Gasteiger partial charge is 0.269 e.